The number of rotatable bonds is 2. The van der Waals surface area contributed by atoms with E-state index in [1.54, 1.807) is 0 Å². The van der Waals surface area contributed by atoms with Crippen LogP contribution in [0.25, 0.3) is 0 Å². The summed E-state index contributed by atoms with van der Waals surface area (Å²) < 4.78 is 17.4. The first-order valence-electron chi connectivity index (χ1n) is 7.10. The van der Waals surface area contributed by atoms with Gasteiger partial charge in [0, 0.05) is 60.8 Å². The quantitative estimate of drug-likeness (QED) is 0.695. The maximum atomic E-state index is 11.9. The molecule has 0 aliphatic carbocycles. The average molecular weight is 305 g/mol. The van der Waals surface area contributed by atoms with Gasteiger partial charge in [0.2, 0.25) is 0 Å². The molecule has 0 radical (unpaired) electrons. The molecule has 2 unspecified atom stereocenters. The summed E-state index contributed by atoms with van der Waals surface area (Å²) in [5, 5.41) is 4.99. The summed E-state index contributed by atoms with van der Waals surface area (Å²) in [5.41, 5.74) is 0. The summed E-state index contributed by atoms with van der Waals surface area (Å²) in [6, 6.07) is 0. The molecule has 7 heteroatoms. The molecule has 3 heterocycles. The van der Waals surface area contributed by atoms with Gasteiger partial charge < -0.3 is 4.74 Å². The Hall–Kier alpha value is 0.340. The van der Waals surface area contributed by atoms with Gasteiger partial charge in [-0.25, -0.2) is 10.0 Å². The molecule has 0 aromatic rings. The van der Waals surface area contributed by atoms with Gasteiger partial charge in [-0.15, -0.1) is 0 Å². The summed E-state index contributed by atoms with van der Waals surface area (Å²) in [5.74, 6) is 4.05. The van der Waals surface area contributed by atoms with Crippen LogP contribution in [0.4, 0.5) is 0 Å². The molecule has 19 heavy (non-hydrogen) atoms. The molecular weight excluding hydrogens is 282 g/mol. The largest absolute Gasteiger partial charge is 0.379 e. The topological polar surface area (TPSA) is 36.0 Å². The molecule has 0 amide bonds. The molecule has 0 spiro atoms. The van der Waals surface area contributed by atoms with Gasteiger partial charge in [-0.2, -0.15) is 11.8 Å². The van der Waals surface area contributed by atoms with E-state index >= 15 is 0 Å². The van der Waals surface area contributed by atoms with Crippen molar-refractivity contribution >= 4 is 22.6 Å². The van der Waals surface area contributed by atoms with Gasteiger partial charge in [0.05, 0.1) is 25.1 Å². The van der Waals surface area contributed by atoms with Crippen LogP contribution in [0.5, 0.6) is 0 Å². The maximum absolute atomic E-state index is 11.9. The highest BCUT2D eigenvalue weighted by molar-refractivity contribution is 7.99. The first kappa shape index (κ1) is 14.3. The van der Waals surface area contributed by atoms with E-state index < -0.39 is 10.8 Å². The minimum Gasteiger partial charge on any atom is -0.379 e. The molecule has 3 fully saturated rings. The van der Waals surface area contributed by atoms with Crippen molar-refractivity contribution in [2.45, 2.75) is 6.17 Å². The highest BCUT2D eigenvalue weighted by Gasteiger charge is 2.35. The van der Waals surface area contributed by atoms with Crippen LogP contribution in [0.1, 0.15) is 0 Å². The second-order valence-electron chi connectivity index (χ2n) is 5.17. The van der Waals surface area contributed by atoms with Gasteiger partial charge in [0.25, 0.3) is 0 Å². The molecule has 3 saturated heterocycles. The standard InChI is InChI=1S/C12H23N3O2S2/c16-19-10-5-15(14-3-8-18-9-4-14)12(11-19)13-1-6-17-7-2-13/h12H,1-11H2. The van der Waals surface area contributed by atoms with Crippen LogP contribution in [-0.2, 0) is 15.5 Å². The zero-order valence-corrected chi connectivity index (χ0v) is 13.0. The Kier molecular flexibility index (Phi) is 5.16. The molecular formula is C12H23N3O2S2. The van der Waals surface area contributed by atoms with E-state index in [0.29, 0.717) is 6.17 Å². The van der Waals surface area contributed by atoms with Gasteiger partial charge in [0.1, 0.15) is 0 Å². The van der Waals surface area contributed by atoms with E-state index in [4.69, 9.17) is 4.74 Å². The average Bonchev–Trinajstić information content (AvgIpc) is 2.49. The van der Waals surface area contributed by atoms with Crippen molar-refractivity contribution in [1.82, 2.24) is 14.9 Å². The van der Waals surface area contributed by atoms with Crippen LogP contribution < -0.4 is 0 Å². The lowest BCUT2D eigenvalue weighted by molar-refractivity contribution is -0.118. The first-order valence-corrected chi connectivity index (χ1v) is 9.75. The van der Waals surface area contributed by atoms with Crippen LogP contribution in [0.2, 0.25) is 0 Å². The fourth-order valence-corrected chi connectivity index (χ4v) is 5.15. The predicted octanol–water partition coefficient (Wildman–Crippen LogP) is -0.327. The van der Waals surface area contributed by atoms with Crippen molar-refractivity contribution in [2.24, 2.45) is 0 Å². The lowest BCUT2D eigenvalue weighted by Crippen LogP contribution is -2.64. The molecule has 0 aromatic carbocycles. The van der Waals surface area contributed by atoms with Crippen molar-refractivity contribution in [1.29, 1.82) is 0 Å². The summed E-state index contributed by atoms with van der Waals surface area (Å²) in [7, 11) is -0.653. The highest BCUT2D eigenvalue weighted by Crippen LogP contribution is 2.20. The smallest absolute Gasteiger partial charge is 0.0878 e. The molecule has 0 aromatic heterocycles. The zero-order chi connectivity index (χ0) is 13.1. The van der Waals surface area contributed by atoms with Crippen molar-refractivity contribution in [3.8, 4) is 0 Å². The second kappa shape index (κ2) is 6.87. The fraction of sp³-hybridized carbons (Fsp3) is 1.00. The van der Waals surface area contributed by atoms with E-state index in [1.165, 1.54) is 11.5 Å². The Morgan fingerprint density at radius 1 is 1.05 bits per heavy atom. The fourth-order valence-electron chi connectivity index (χ4n) is 2.99. The van der Waals surface area contributed by atoms with Gasteiger partial charge >= 0.3 is 0 Å². The van der Waals surface area contributed by atoms with Crippen molar-refractivity contribution in [3.63, 3.8) is 0 Å². The van der Waals surface area contributed by atoms with Crippen molar-refractivity contribution in [3.05, 3.63) is 0 Å². The van der Waals surface area contributed by atoms with E-state index in [2.05, 4.69) is 14.9 Å². The van der Waals surface area contributed by atoms with Crippen LogP contribution in [0.15, 0.2) is 0 Å². The van der Waals surface area contributed by atoms with Gasteiger partial charge in [-0.3, -0.25) is 9.11 Å². The molecule has 110 valence electrons. The number of morpholine rings is 1. The number of hydrogen-bond donors (Lipinski definition) is 0. The Labute approximate surface area is 122 Å². The normalized spacial score (nSPS) is 36.4. The maximum Gasteiger partial charge on any atom is 0.0878 e. The van der Waals surface area contributed by atoms with Crippen LogP contribution >= 0.6 is 11.8 Å². The van der Waals surface area contributed by atoms with E-state index in [0.717, 1.165) is 57.4 Å². The number of hydrogen-bond acceptors (Lipinski definition) is 6. The van der Waals surface area contributed by atoms with Gasteiger partial charge in [0.15, 0.2) is 0 Å². The Balaban J connectivity index is 1.69. The molecule has 0 N–H and O–H groups in total. The molecule has 5 nitrogen and oxygen atoms in total. The summed E-state index contributed by atoms with van der Waals surface area (Å²) in [4.78, 5) is 2.46. The molecule has 0 bridgehead atoms. The third kappa shape index (κ3) is 3.51. The predicted molar refractivity (Wildman–Crippen MR) is 79.7 cm³/mol. The second-order valence-corrected chi connectivity index (χ2v) is 8.01. The summed E-state index contributed by atoms with van der Waals surface area (Å²) in [6.45, 7) is 6.79. The number of thioether (sulfide) groups is 1. The van der Waals surface area contributed by atoms with Gasteiger partial charge in [-0.05, 0) is 0 Å². The SMILES string of the molecule is O=S1CCN(N2CCSCC2)C(N2CCOCC2)C1. The molecule has 2 atom stereocenters. The molecule has 3 rings (SSSR count). The van der Waals surface area contributed by atoms with Crippen LogP contribution in [0, 0.1) is 0 Å². The number of ether oxygens (including phenoxy) is 1. The lowest BCUT2D eigenvalue weighted by Gasteiger charge is -2.48. The summed E-state index contributed by atoms with van der Waals surface area (Å²) in [6.07, 6.45) is 0.321. The minimum absolute atomic E-state index is 0.321. The number of nitrogens with zero attached hydrogens (tertiary/aromatic N) is 3. The summed E-state index contributed by atoms with van der Waals surface area (Å²) >= 11 is 2.04. The van der Waals surface area contributed by atoms with Crippen molar-refractivity contribution in [2.75, 3.05) is 68.9 Å². The Bertz CT molecular complexity index is 320. The van der Waals surface area contributed by atoms with Gasteiger partial charge in [-0.1, -0.05) is 0 Å². The monoisotopic (exact) mass is 305 g/mol. The Morgan fingerprint density at radius 2 is 1.79 bits per heavy atom. The third-order valence-corrected chi connectivity index (χ3v) is 6.30. The van der Waals surface area contributed by atoms with E-state index in [1.807, 2.05) is 11.8 Å². The van der Waals surface area contributed by atoms with Crippen molar-refractivity contribution < 1.29 is 8.95 Å². The Morgan fingerprint density at radius 3 is 2.53 bits per heavy atom. The van der Waals surface area contributed by atoms with E-state index in [9.17, 15) is 4.21 Å². The minimum atomic E-state index is -0.653. The molecule has 3 aliphatic heterocycles. The highest BCUT2D eigenvalue weighted by atomic mass is 32.2. The molecule has 3 aliphatic rings. The number of hydrazine groups is 1. The zero-order valence-electron chi connectivity index (χ0n) is 11.3. The lowest BCUT2D eigenvalue weighted by atomic mass is 10.3. The molecule has 0 saturated carbocycles. The van der Waals surface area contributed by atoms with E-state index in [-0.39, 0.29) is 0 Å². The van der Waals surface area contributed by atoms with Crippen LogP contribution in [-0.4, -0.2) is 94.2 Å². The van der Waals surface area contributed by atoms with Crippen LogP contribution in [0.3, 0.4) is 0 Å². The first-order chi connectivity index (χ1) is 9.34. The third-order valence-electron chi connectivity index (χ3n) is 4.05.